The van der Waals surface area contributed by atoms with Crippen molar-refractivity contribution in [2.24, 2.45) is 11.7 Å². The Kier molecular flexibility index (Phi) is 12.8. The van der Waals surface area contributed by atoms with E-state index in [9.17, 15) is 18.0 Å². The van der Waals surface area contributed by atoms with Crippen LogP contribution in [0.4, 0.5) is 0 Å². The minimum atomic E-state index is -4.15. The number of ether oxygens (including phenoxy) is 1. The van der Waals surface area contributed by atoms with E-state index in [1.807, 2.05) is 32.0 Å². The van der Waals surface area contributed by atoms with Gasteiger partial charge in [-0.1, -0.05) is 41.8 Å². The van der Waals surface area contributed by atoms with Crippen LogP contribution in [0.15, 0.2) is 41.3 Å². The number of carbonyl (C=O) groups excluding carboxylic acids is 2. The highest BCUT2D eigenvalue weighted by Gasteiger charge is 2.40. The summed E-state index contributed by atoms with van der Waals surface area (Å²) < 4.78 is 35.1. The summed E-state index contributed by atoms with van der Waals surface area (Å²) in [6, 6.07) is 9.67. The topological polar surface area (TPSA) is 144 Å². The first-order valence-corrected chi connectivity index (χ1v) is 18.0. The second-order valence-corrected chi connectivity index (χ2v) is 14.8. The molecule has 256 valence electrons. The molecule has 0 radical (unpaired) electrons. The third kappa shape index (κ3) is 8.50. The van der Waals surface area contributed by atoms with E-state index in [1.54, 1.807) is 6.07 Å². The molecule has 3 unspecified atom stereocenters. The molecule has 5 rings (SSSR count). The molecule has 1 aromatic heterocycles. The second-order valence-electron chi connectivity index (χ2n) is 12.2. The number of aromatic nitrogens is 1. The van der Waals surface area contributed by atoms with Gasteiger partial charge in [0.1, 0.15) is 28.8 Å². The van der Waals surface area contributed by atoms with E-state index < -0.39 is 16.1 Å². The molecule has 2 amide bonds. The van der Waals surface area contributed by atoms with Gasteiger partial charge in [0, 0.05) is 53.3 Å². The number of hydrogen-bond acceptors (Lipinski definition) is 7. The van der Waals surface area contributed by atoms with Crippen LogP contribution in [0.3, 0.4) is 0 Å². The van der Waals surface area contributed by atoms with Crippen molar-refractivity contribution in [1.82, 2.24) is 19.9 Å². The zero-order valence-electron chi connectivity index (χ0n) is 26.6. The highest BCUT2D eigenvalue weighted by molar-refractivity contribution is 7.89. The van der Waals surface area contributed by atoms with Crippen molar-refractivity contribution in [3.63, 3.8) is 0 Å². The van der Waals surface area contributed by atoms with Gasteiger partial charge in [-0.05, 0) is 82.2 Å². The lowest BCUT2D eigenvalue weighted by molar-refractivity contribution is -0.126. The summed E-state index contributed by atoms with van der Waals surface area (Å²) in [7, 11) is -4.15. The number of amides is 2. The Morgan fingerprint density at radius 3 is 2.53 bits per heavy atom. The first-order chi connectivity index (χ1) is 22.0. The summed E-state index contributed by atoms with van der Waals surface area (Å²) in [5.41, 5.74) is 8.93. The zero-order chi connectivity index (χ0) is 33.0. The van der Waals surface area contributed by atoms with Gasteiger partial charge in [0.15, 0.2) is 0 Å². The van der Waals surface area contributed by atoms with E-state index in [1.165, 1.54) is 16.4 Å². The Morgan fingerprint density at radius 2 is 1.79 bits per heavy atom. The number of rotatable bonds is 11. The number of hydrogen-bond donors (Lipinski definition) is 3. The van der Waals surface area contributed by atoms with E-state index in [-0.39, 0.29) is 64.3 Å². The summed E-state index contributed by atoms with van der Waals surface area (Å²) in [5.74, 6) is 0.0799. The number of para-hydroxylation sites is 1. The molecule has 2 aliphatic rings. The fourth-order valence-corrected chi connectivity index (χ4v) is 8.91. The van der Waals surface area contributed by atoms with E-state index in [4.69, 9.17) is 33.7 Å². The van der Waals surface area contributed by atoms with Crippen molar-refractivity contribution in [2.45, 2.75) is 82.4 Å². The number of nitrogens with two attached hydrogens (primary N) is 1. The van der Waals surface area contributed by atoms with Gasteiger partial charge in [-0.2, -0.15) is 4.31 Å². The average Bonchev–Trinajstić information content (AvgIpc) is 3.52. The Balaban J connectivity index is 0.00000500. The van der Waals surface area contributed by atoms with Crippen molar-refractivity contribution in [1.29, 1.82) is 0 Å². The van der Waals surface area contributed by atoms with Crippen molar-refractivity contribution >= 4 is 68.3 Å². The van der Waals surface area contributed by atoms with E-state index in [2.05, 4.69) is 15.6 Å². The van der Waals surface area contributed by atoms with Crippen LogP contribution in [0.25, 0.3) is 10.9 Å². The second kappa shape index (κ2) is 16.2. The molecular weight excluding hydrogens is 685 g/mol. The maximum atomic E-state index is 13.9. The number of halogens is 3. The zero-order valence-corrected chi connectivity index (χ0v) is 29.7. The summed E-state index contributed by atoms with van der Waals surface area (Å²) in [5, 5.41) is 6.93. The standard InChI is InChI=1S/C33H41Cl2N5O5S.ClH/c1-20-17-21(2)39-31-24(20)9-4-11-28(31)45-19-25-26(34)12-13-29(30(25)35)46(43,44)40-16-5-10-27(40)33(42)38-15-6-14-37-32(41)22-7-3-8-23(36)18-22;/h4,9,11-13,17,22-23,27H,3,5-8,10,14-16,18-19,36H2,1-2H3,(H,37,41)(H,38,42);1H. The SMILES string of the molecule is Cc1cc(C)c2cccc(OCc3c(Cl)ccc(S(=O)(=O)N4CCCC4C(=O)NCCCNC(=O)C4CCCC(N)C4)c3Cl)c2n1.Cl. The first-order valence-electron chi connectivity index (χ1n) is 15.8. The molecule has 2 heterocycles. The number of carbonyl (C=O) groups is 2. The van der Waals surface area contributed by atoms with Gasteiger partial charge >= 0.3 is 0 Å². The van der Waals surface area contributed by atoms with Crippen LogP contribution in [0.5, 0.6) is 5.75 Å². The predicted molar refractivity (Wildman–Crippen MR) is 187 cm³/mol. The molecule has 3 aromatic rings. The highest BCUT2D eigenvalue weighted by atomic mass is 35.5. The number of aryl methyl sites for hydroxylation is 2. The Labute approximate surface area is 292 Å². The van der Waals surface area contributed by atoms with Crippen LogP contribution in [0, 0.1) is 19.8 Å². The number of nitrogens with one attached hydrogen (secondary N) is 2. The van der Waals surface area contributed by atoms with Crippen LogP contribution in [0.1, 0.15) is 61.8 Å². The van der Waals surface area contributed by atoms with Gasteiger partial charge in [-0.25, -0.2) is 13.4 Å². The van der Waals surface area contributed by atoms with Crippen LogP contribution in [-0.2, 0) is 26.2 Å². The highest BCUT2D eigenvalue weighted by Crippen LogP contribution is 2.36. The van der Waals surface area contributed by atoms with Crippen LogP contribution in [-0.4, -0.2) is 61.2 Å². The number of sulfonamides is 1. The molecule has 0 bridgehead atoms. The summed E-state index contributed by atoms with van der Waals surface area (Å²) in [6.45, 7) is 4.74. The number of benzene rings is 2. The number of nitrogens with zero attached hydrogens (tertiary/aromatic N) is 2. The molecule has 10 nitrogen and oxygen atoms in total. The molecule has 2 fully saturated rings. The largest absolute Gasteiger partial charge is 0.487 e. The van der Waals surface area contributed by atoms with Crippen LogP contribution >= 0.6 is 35.6 Å². The fourth-order valence-electron chi connectivity index (χ4n) is 6.39. The van der Waals surface area contributed by atoms with Crippen LogP contribution in [0.2, 0.25) is 10.0 Å². The van der Waals surface area contributed by atoms with Gasteiger partial charge < -0.3 is 21.1 Å². The van der Waals surface area contributed by atoms with Gasteiger partial charge in [-0.15, -0.1) is 12.4 Å². The molecule has 1 aliphatic heterocycles. The molecule has 47 heavy (non-hydrogen) atoms. The van der Waals surface area contributed by atoms with E-state index in [0.29, 0.717) is 55.6 Å². The van der Waals surface area contributed by atoms with Crippen molar-refractivity contribution in [3.8, 4) is 5.75 Å². The predicted octanol–water partition coefficient (Wildman–Crippen LogP) is 5.45. The Bertz CT molecular complexity index is 1720. The first kappa shape index (κ1) is 37.2. The van der Waals surface area contributed by atoms with Crippen molar-refractivity contribution in [2.75, 3.05) is 19.6 Å². The van der Waals surface area contributed by atoms with Gasteiger partial charge in [0.05, 0.1) is 5.02 Å². The van der Waals surface area contributed by atoms with Crippen LogP contribution < -0.4 is 21.1 Å². The molecule has 3 atom stereocenters. The quantitative estimate of drug-likeness (QED) is 0.223. The van der Waals surface area contributed by atoms with Crippen molar-refractivity contribution in [3.05, 3.63) is 63.3 Å². The minimum Gasteiger partial charge on any atom is -0.487 e. The van der Waals surface area contributed by atoms with Gasteiger partial charge in [0.25, 0.3) is 0 Å². The fraction of sp³-hybridized carbons (Fsp3) is 0.485. The Hall–Kier alpha value is -2.67. The van der Waals surface area contributed by atoms with E-state index >= 15 is 0 Å². The Morgan fingerprint density at radius 1 is 1.04 bits per heavy atom. The van der Waals surface area contributed by atoms with E-state index in [0.717, 1.165) is 35.9 Å². The van der Waals surface area contributed by atoms with Gasteiger partial charge in [0.2, 0.25) is 21.8 Å². The molecule has 0 spiro atoms. The smallest absolute Gasteiger partial charge is 0.245 e. The third-order valence-electron chi connectivity index (χ3n) is 8.79. The third-order valence-corrected chi connectivity index (χ3v) is 11.6. The molecule has 2 aromatic carbocycles. The molecule has 1 aliphatic carbocycles. The summed E-state index contributed by atoms with van der Waals surface area (Å²) >= 11 is 13.2. The minimum absolute atomic E-state index is 0. The molecule has 1 saturated carbocycles. The number of fused-ring (bicyclic) bond motifs is 1. The lowest BCUT2D eigenvalue weighted by atomic mass is 9.85. The molecule has 4 N–H and O–H groups in total. The average molecular weight is 727 g/mol. The normalized spacial score (nSPS) is 20.1. The lowest BCUT2D eigenvalue weighted by Gasteiger charge is -2.26. The summed E-state index contributed by atoms with van der Waals surface area (Å²) in [6.07, 6.45) is 4.88. The summed E-state index contributed by atoms with van der Waals surface area (Å²) in [4.78, 5) is 30.1. The molecule has 14 heteroatoms. The monoisotopic (exact) mass is 725 g/mol. The van der Waals surface area contributed by atoms with Crippen molar-refractivity contribution < 1.29 is 22.7 Å². The maximum Gasteiger partial charge on any atom is 0.245 e. The number of pyridine rings is 1. The maximum absolute atomic E-state index is 13.9. The molecule has 1 saturated heterocycles. The molecular formula is C33H42Cl3N5O5S. The lowest BCUT2D eigenvalue weighted by Crippen LogP contribution is -2.46. The van der Waals surface area contributed by atoms with Gasteiger partial charge in [-0.3, -0.25) is 9.59 Å².